The molecule has 0 amide bonds. The van der Waals surface area contributed by atoms with Crippen molar-refractivity contribution >= 4 is 34.0 Å². The monoisotopic (exact) mass is 368 g/mol. The maximum absolute atomic E-state index is 11.6. The largest absolute Gasteiger partial charge is 0.482 e. The molecule has 25 heavy (non-hydrogen) atoms. The Morgan fingerprint density at radius 1 is 1.20 bits per heavy atom. The molecule has 1 heterocycles. The van der Waals surface area contributed by atoms with Crippen molar-refractivity contribution in [1.29, 1.82) is 0 Å². The number of benzene rings is 1. The average Bonchev–Trinajstić information content (AvgIpc) is 2.57. The molecule has 0 spiro atoms. The summed E-state index contributed by atoms with van der Waals surface area (Å²) < 4.78 is 20.1. The number of carbonyl (C=O) groups is 2. The Morgan fingerprint density at radius 3 is 2.72 bits per heavy atom. The smallest absolute Gasteiger partial charge is 0.404 e. The van der Waals surface area contributed by atoms with E-state index >= 15 is 0 Å². The van der Waals surface area contributed by atoms with Gasteiger partial charge in [-0.05, 0) is 18.6 Å². The number of fused-ring (bicyclic) bond motifs is 1. The molecule has 0 saturated heterocycles. The molecule has 0 N–H and O–H groups in total. The molecular weight excluding hydrogens is 352 g/mol. The minimum absolute atomic E-state index is 0.158. The van der Waals surface area contributed by atoms with Crippen LogP contribution in [0.15, 0.2) is 33.5 Å². The highest BCUT2D eigenvalue weighted by Gasteiger charge is 2.10. The van der Waals surface area contributed by atoms with Crippen LogP contribution in [0.5, 0.6) is 5.75 Å². The highest BCUT2D eigenvalue weighted by Crippen LogP contribution is 2.23. The number of halogens is 1. The van der Waals surface area contributed by atoms with Gasteiger partial charge in [0, 0.05) is 34.7 Å². The van der Waals surface area contributed by atoms with Crippen LogP contribution in [0.3, 0.4) is 0 Å². The Morgan fingerprint density at radius 2 is 2.00 bits per heavy atom. The number of rotatable bonds is 8. The Hall–Kier alpha value is -2.54. The first kappa shape index (κ1) is 18.8. The minimum atomic E-state index is -0.970. The Kier molecular flexibility index (Phi) is 6.82. The van der Waals surface area contributed by atoms with E-state index in [9.17, 15) is 14.4 Å². The number of ether oxygens (including phenoxy) is 3. The third kappa shape index (κ3) is 5.79. The first-order valence-electron chi connectivity index (χ1n) is 7.67. The molecule has 1 aromatic heterocycles. The van der Waals surface area contributed by atoms with Crippen LogP contribution < -0.4 is 10.4 Å². The molecule has 0 atom stereocenters. The van der Waals surface area contributed by atoms with Crippen LogP contribution in [0, 0.1) is 0 Å². The summed E-state index contributed by atoms with van der Waals surface area (Å²) in [5.41, 5.74) is -0.886. The van der Waals surface area contributed by atoms with Gasteiger partial charge in [0.25, 0.3) is 0 Å². The summed E-state index contributed by atoms with van der Waals surface area (Å²) >= 11 is 5.13. The Bertz CT molecular complexity index is 812. The second-order valence-corrected chi connectivity index (χ2v) is 5.45. The van der Waals surface area contributed by atoms with E-state index in [0.29, 0.717) is 23.3 Å². The standard InChI is InChI=1S/C17H17ClO7/c1-2-3-6-22-16(20)10-23-12-4-5-13-11(9-24-17(18)21)7-15(19)25-14(13)8-12/h4-5,7-8H,2-3,6,9-10H2,1H3. The van der Waals surface area contributed by atoms with E-state index in [4.69, 9.17) is 30.2 Å². The fourth-order valence-corrected chi connectivity index (χ4v) is 2.12. The lowest BCUT2D eigenvalue weighted by Gasteiger charge is -2.09. The molecule has 0 bridgehead atoms. The quantitative estimate of drug-likeness (QED) is 0.305. The van der Waals surface area contributed by atoms with Crippen LogP contribution in [-0.2, 0) is 20.9 Å². The van der Waals surface area contributed by atoms with Crippen molar-refractivity contribution in [3.63, 3.8) is 0 Å². The molecule has 0 radical (unpaired) electrons. The first-order valence-corrected chi connectivity index (χ1v) is 8.05. The van der Waals surface area contributed by atoms with Gasteiger partial charge in [-0.2, -0.15) is 0 Å². The molecule has 0 fully saturated rings. The van der Waals surface area contributed by atoms with E-state index in [2.05, 4.69) is 0 Å². The van der Waals surface area contributed by atoms with Crippen molar-refractivity contribution in [3.05, 3.63) is 40.2 Å². The lowest BCUT2D eigenvalue weighted by molar-refractivity contribution is -0.146. The summed E-state index contributed by atoms with van der Waals surface area (Å²) in [4.78, 5) is 33.9. The lowest BCUT2D eigenvalue weighted by atomic mass is 10.1. The Balaban J connectivity index is 2.10. The van der Waals surface area contributed by atoms with E-state index in [0.717, 1.165) is 12.8 Å². The van der Waals surface area contributed by atoms with Gasteiger partial charge in [-0.3, -0.25) is 0 Å². The molecule has 2 rings (SSSR count). The topological polar surface area (TPSA) is 92.0 Å². The molecule has 2 aromatic rings. The molecular formula is C17H17ClO7. The van der Waals surface area contributed by atoms with Gasteiger partial charge >= 0.3 is 17.0 Å². The highest BCUT2D eigenvalue weighted by molar-refractivity contribution is 6.61. The van der Waals surface area contributed by atoms with Crippen LogP contribution in [0.25, 0.3) is 11.0 Å². The van der Waals surface area contributed by atoms with Gasteiger partial charge < -0.3 is 18.6 Å². The van der Waals surface area contributed by atoms with Crippen molar-refractivity contribution in [2.24, 2.45) is 0 Å². The molecule has 134 valence electrons. The third-order valence-electron chi connectivity index (χ3n) is 3.26. The summed E-state index contributed by atoms with van der Waals surface area (Å²) in [6.45, 7) is 1.95. The van der Waals surface area contributed by atoms with E-state index < -0.39 is 17.0 Å². The number of carbonyl (C=O) groups excluding carboxylic acids is 2. The summed E-state index contributed by atoms with van der Waals surface area (Å²) in [6, 6.07) is 5.93. The van der Waals surface area contributed by atoms with Crippen molar-refractivity contribution in [1.82, 2.24) is 0 Å². The van der Waals surface area contributed by atoms with Gasteiger partial charge in [0.05, 0.1) is 6.61 Å². The molecule has 0 aliphatic carbocycles. The molecule has 7 nitrogen and oxygen atoms in total. The van der Waals surface area contributed by atoms with Gasteiger partial charge in [-0.15, -0.1) is 0 Å². The summed E-state index contributed by atoms with van der Waals surface area (Å²) in [6.07, 6.45) is 1.72. The molecule has 0 saturated carbocycles. The van der Waals surface area contributed by atoms with Crippen LogP contribution in [0.2, 0.25) is 0 Å². The van der Waals surface area contributed by atoms with Gasteiger partial charge in [0.15, 0.2) is 6.61 Å². The number of esters is 1. The second-order valence-electron chi connectivity index (χ2n) is 5.14. The van der Waals surface area contributed by atoms with Crippen LogP contribution in [0.4, 0.5) is 4.79 Å². The molecule has 1 aromatic carbocycles. The van der Waals surface area contributed by atoms with Crippen molar-refractivity contribution in [3.8, 4) is 5.75 Å². The van der Waals surface area contributed by atoms with Crippen LogP contribution in [0.1, 0.15) is 25.3 Å². The van der Waals surface area contributed by atoms with Gasteiger partial charge in [0.2, 0.25) is 0 Å². The molecule has 8 heteroatoms. The summed E-state index contributed by atoms with van der Waals surface area (Å²) in [5, 5.41) is 0.565. The maximum Gasteiger partial charge on any atom is 0.404 e. The van der Waals surface area contributed by atoms with E-state index in [1.165, 1.54) is 12.1 Å². The third-order valence-corrected chi connectivity index (χ3v) is 3.37. The highest BCUT2D eigenvalue weighted by atomic mass is 35.5. The van der Waals surface area contributed by atoms with Gasteiger partial charge in [-0.25, -0.2) is 14.4 Å². The van der Waals surface area contributed by atoms with Crippen LogP contribution >= 0.6 is 11.6 Å². The zero-order chi connectivity index (χ0) is 18.2. The maximum atomic E-state index is 11.6. The zero-order valence-electron chi connectivity index (χ0n) is 13.6. The molecule has 0 unspecified atom stereocenters. The minimum Gasteiger partial charge on any atom is -0.482 e. The molecule has 0 aliphatic rings. The van der Waals surface area contributed by atoms with E-state index in [-0.39, 0.29) is 18.8 Å². The lowest BCUT2D eigenvalue weighted by Crippen LogP contribution is -2.15. The number of hydrogen-bond acceptors (Lipinski definition) is 7. The van der Waals surface area contributed by atoms with Gasteiger partial charge in [0.1, 0.15) is 17.9 Å². The van der Waals surface area contributed by atoms with Gasteiger partial charge in [-0.1, -0.05) is 13.3 Å². The number of unbranched alkanes of at least 4 members (excludes halogenated alkanes) is 1. The predicted octanol–water partition coefficient (Wildman–Crippen LogP) is 3.39. The average molecular weight is 369 g/mol. The summed E-state index contributed by atoms with van der Waals surface area (Å²) in [5.74, 6) is -0.132. The zero-order valence-corrected chi connectivity index (χ0v) is 14.3. The Labute approximate surface area is 148 Å². The molecule has 0 aliphatic heterocycles. The first-order chi connectivity index (χ1) is 12.0. The van der Waals surface area contributed by atoms with Crippen LogP contribution in [-0.4, -0.2) is 24.6 Å². The fourth-order valence-electron chi connectivity index (χ4n) is 2.07. The van der Waals surface area contributed by atoms with Crippen molar-refractivity contribution < 1.29 is 28.2 Å². The van der Waals surface area contributed by atoms with E-state index in [1.54, 1.807) is 12.1 Å². The number of hydrogen-bond donors (Lipinski definition) is 0. The van der Waals surface area contributed by atoms with Crippen molar-refractivity contribution in [2.75, 3.05) is 13.2 Å². The SMILES string of the molecule is CCCCOC(=O)COc1ccc2c(COC(=O)Cl)cc(=O)oc2c1. The summed E-state index contributed by atoms with van der Waals surface area (Å²) in [7, 11) is 0. The van der Waals surface area contributed by atoms with Crippen molar-refractivity contribution in [2.45, 2.75) is 26.4 Å². The van der Waals surface area contributed by atoms with E-state index in [1.807, 2.05) is 6.92 Å². The fraction of sp³-hybridized carbons (Fsp3) is 0.353. The second kappa shape index (κ2) is 9.08. The predicted molar refractivity (Wildman–Crippen MR) is 89.9 cm³/mol. The normalized spacial score (nSPS) is 10.5.